The number of nitrogens with zero attached hydrogens (tertiary/aromatic N) is 3. The normalized spacial score (nSPS) is 15.2. The van der Waals surface area contributed by atoms with Crippen LogP contribution in [0.2, 0.25) is 0 Å². The zero-order valence-electron chi connectivity index (χ0n) is 15.8. The molecule has 1 amide bonds. The molecule has 0 bridgehead atoms. The largest absolute Gasteiger partial charge is 0.450 e. The molecule has 26 heavy (non-hydrogen) atoms. The Morgan fingerprint density at radius 2 is 2.15 bits per heavy atom. The van der Waals surface area contributed by atoms with Crippen molar-refractivity contribution in [1.29, 1.82) is 0 Å². The van der Waals surface area contributed by atoms with E-state index in [-0.39, 0.29) is 30.1 Å². The predicted octanol–water partition coefficient (Wildman–Crippen LogP) is 2.34. The number of piperidine rings is 1. The Kier molecular flexibility index (Phi) is 10.3. The zero-order valence-corrected chi connectivity index (χ0v) is 18.2. The zero-order chi connectivity index (χ0) is 18.1. The summed E-state index contributed by atoms with van der Waals surface area (Å²) in [4.78, 5) is 21.9. The molecule has 0 atom stereocenters. The van der Waals surface area contributed by atoms with E-state index in [1.165, 1.54) is 11.1 Å². The number of carbonyl (C=O) groups is 1. The Morgan fingerprint density at radius 1 is 1.42 bits per heavy atom. The third-order valence-corrected chi connectivity index (χ3v) is 4.41. The van der Waals surface area contributed by atoms with Crippen molar-refractivity contribution in [3.63, 3.8) is 0 Å². The number of hydrogen-bond donors (Lipinski definition) is 2. The molecule has 0 saturated carbocycles. The minimum Gasteiger partial charge on any atom is -0.450 e. The van der Waals surface area contributed by atoms with Gasteiger partial charge in [-0.25, -0.2) is 4.79 Å². The summed E-state index contributed by atoms with van der Waals surface area (Å²) in [5, 5.41) is 6.81. The number of pyridine rings is 1. The summed E-state index contributed by atoms with van der Waals surface area (Å²) in [6, 6.07) is 2.37. The summed E-state index contributed by atoms with van der Waals surface area (Å²) in [7, 11) is 1.78. The molecule has 2 rings (SSSR count). The van der Waals surface area contributed by atoms with Crippen LogP contribution in [0.15, 0.2) is 23.5 Å². The van der Waals surface area contributed by atoms with Crippen LogP contribution in [0, 0.1) is 6.92 Å². The molecular formula is C18H30IN5O2. The van der Waals surface area contributed by atoms with Gasteiger partial charge in [-0.3, -0.25) is 9.98 Å². The van der Waals surface area contributed by atoms with Gasteiger partial charge in [-0.15, -0.1) is 24.0 Å². The highest BCUT2D eigenvalue weighted by molar-refractivity contribution is 14.0. The van der Waals surface area contributed by atoms with Crippen molar-refractivity contribution in [2.24, 2.45) is 4.99 Å². The fourth-order valence-electron chi connectivity index (χ4n) is 2.91. The van der Waals surface area contributed by atoms with Crippen LogP contribution in [0.25, 0.3) is 0 Å². The lowest BCUT2D eigenvalue weighted by atomic mass is 10.1. The van der Waals surface area contributed by atoms with Gasteiger partial charge < -0.3 is 20.3 Å². The second-order valence-corrected chi connectivity index (χ2v) is 6.16. The number of rotatable bonds is 5. The summed E-state index contributed by atoms with van der Waals surface area (Å²) in [6.07, 6.45) is 6.21. The van der Waals surface area contributed by atoms with Gasteiger partial charge in [0.05, 0.1) is 6.61 Å². The van der Waals surface area contributed by atoms with Gasteiger partial charge in [0.15, 0.2) is 5.96 Å². The summed E-state index contributed by atoms with van der Waals surface area (Å²) >= 11 is 0. The molecule has 1 aliphatic rings. The van der Waals surface area contributed by atoms with Crippen molar-refractivity contribution in [2.75, 3.05) is 33.3 Å². The van der Waals surface area contributed by atoms with Crippen molar-refractivity contribution in [3.8, 4) is 0 Å². The number of halogens is 1. The highest BCUT2D eigenvalue weighted by atomic mass is 127. The van der Waals surface area contributed by atoms with Crippen molar-refractivity contribution < 1.29 is 9.53 Å². The summed E-state index contributed by atoms with van der Waals surface area (Å²) < 4.78 is 5.05. The minimum atomic E-state index is -0.212. The molecule has 0 aromatic carbocycles. The SMILES string of the molecule is CCOC(=O)N1CCC(NC(=NC)NCCc2ccncc2C)CC1.I. The molecule has 0 aliphatic carbocycles. The highest BCUT2D eigenvalue weighted by Gasteiger charge is 2.23. The molecule has 0 unspecified atom stereocenters. The molecule has 1 aliphatic heterocycles. The third-order valence-electron chi connectivity index (χ3n) is 4.41. The first-order chi connectivity index (χ1) is 12.1. The smallest absolute Gasteiger partial charge is 0.409 e. The molecular weight excluding hydrogens is 445 g/mol. The Labute approximate surface area is 173 Å². The quantitative estimate of drug-likeness (QED) is 0.389. The Bertz CT molecular complexity index is 589. The summed E-state index contributed by atoms with van der Waals surface area (Å²) in [5.41, 5.74) is 2.50. The van der Waals surface area contributed by atoms with Crippen LogP contribution in [0.3, 0.4) is 0 Å². The highest BCUT2D eigenvalue weighted by Crippen LogP contribution is 2.11. The fourth-order valence-corrected chi connectivity index (χ4v) is 2.91. The van der Waals surface area contributed by atoms with Crippen molar-refractivity contribution >= 4 is 36.0 Å². The lowest BCUT2D eigenvalue weighted by Crippen LogP contribution is -2.50. The first-order valence-corrected chi connectivity index (χ1v) is 8.92. The Morgan fingerprint density at radius 3 is 2.77 bits per heavy atom. The van der Waals surface area contributed by atoms with E-state index in [1.54, 1.807) is 11.9 Å². The Hall–Kier alpha value is -1.58. The fraction of sp³-hybridized carbons (Fsp3) is 0.611. The van der Waals surface area contributed by atoms with E-state index in [2.05, 4.69) is 33.6 Å². The van der Waals surface area contributed by atoms with E-state index < -0.39 is 0 Å². The lowest BCUT2D eigenvalue weighted by Gasteiger charge is -2.32. The van der Waals surface area contributed by atoms with E-state index in [0.29, 0.717) is 25.7 Å². The number of carbonyl (C=O) groups excluding carboxylic acids is 1. The van der Waals surface area contributed by atoms with Gasteiger partial charge in [-0.2, -0.15) is 0 Å². The van der Waals surface area contributed by atoms with Gasteiger partial charge in [-0.05, 0) is 50.3 Å². The van der Waals surface area contributed by atoms with Gasteiger partial charge in [0.1, 0.15) is 0 Å². The molecule has 1 fully saturated rings. The molecule has 0 spiro atoms. The van der Waals surface area contributed by atoms with Gasteiger partial charge in [-0.1, -0.05) is 0 Å². The number of amides is 1. The standard InChI is InChI=1S/C18H29N5O2.HI/c1-4-25-18(24)23-11-7-16(8-12-23)22-17(19-3)21-10-6-15-5-9-20-13-14(15)2;/h5,9,13,16H,4,6-8,10-12H2,1-3H3,(H2,19,21,22);1H. The van der Waals surface area contributed by atoms with Crippen molar-refractivity contribution in [2.45, 2.75) is 39.2 Å². The number of hydrogen-bond acceptors (Lipinski definition) is 4. The topological polar surface area (TPSA) is 78.8 Å². The number of aliphatic imine (C=N–C) groups is 1. The maximum Gasteiger partial charge on any atom is 0.409 e. The maximum atomic E-state index is 11.7. The number of likely N-dealkylation sites (tertiary alicyclic amines) is 1. The van der Waals surface area contributed by atoms with Crippen LogP contribution in [0.5, 0.6) is 0 Å². The lowest BCUT2D eigenvalue weighted by molar-refractivity contribution is 0.0963. The van der Waals surface area contributed by atoms with Crippen LogP contribution in [0.4, 0.5) is 4.79 Å². The molecule has 0 radical (unpaired) electrons. The molecule has 2 N–H and O–H groups in total. The van der Waals surface area contributed by atoms with Gasteiger partial charge >= 0.3 is 6.09 Å². The molecule has 1 aromatic rings. The van der Waals surface area contributed by atoms with Crippen LogP contribution in [0.1, 0.15) is 30.9 Å². The van der Waals surface area contributed by atoms with E-state index >= 15 is 0 Å². The van der Waals surface area contributed by atoms with Crippen LogP contribution in [-0.4, -0.2) is 61.3 Å². The minimum absolute atomic E-state index is 0. The van der Waals surface area contributed by atoms with Crippen molar-refractivity contribution in [3.05, 3.63) is 29.6 Å². The number of aromatic nitrogens is 1. The second kappa shape index (κ2) is 11.9. The van der Waals surface area contributed by atoms with Crippen LogP contribution >= 0.6 is 24.0 Å². The monoisotopic (exact) mass is 475 g/mol. The van der Waals surface area contributed by atoms with Gasteiger partial charge in [0.2, 0.25) is 0 Å². The molecule has 1 saturated heterocycles. The van der Waals surface area contributed by atoms with Crippen LogP contribution < -0.4 is 10.6 Å². The van der Waals surface area contributed by atoms with E-state index in [1.807, 2.05) is 19.3 Å². The number of nitrogens with one attached hydrogen (secondary N) is 2. The average Bonchev–Trinajstić information content (AvgIpc) is 2.63. The Balaban J connectivity index is 0.00000338. The first kappa shape index (κ1) is 22.5. The van der Waals surface area contributed by atoms with E-state index in [9.17, 15) is 4.79 Å². The van der Waals surface area contributed by atoms with Crippen molar-refractivity contribution in [1.82, 2.24) is 20.5 Å². The van der Waals surface area contributed by atoms with E-state index in [4.69, 9.17) is 4.74 Å². The molecule has 146 valence electrons. The molecule has 7 nitrogen and oxygen atoms in total. The maximum absolute atomic E-state index is 11.7. The first-order valence-electron chi connectivity index (χ1n) is 8.92. The second-order valence-electron chi connectivity index (χ2n) is 6.16. The molecule has 2 heterocycles. The summed E-state index contributed by atoms with van der Waals surface area (Å²) in [5.74, 6) is 0.807. The summed E-state index contributed by atoms with van der Waals surface area (Å²) in [6.45, 7) is 6.56. The van der Waals surface area contributed by atoms with Gasteiger partial charge in [0, 0.05) is 45.1 Å². The average molecular weight is 475 g/mol. The third kappa shape index (κ3) is 6.97. The number of aryl methyl sites for hydroxylation is 1. The number of ether oxygens (including phenoxy) is 1. The van der Waals surface area contributed by atoms with Gasteiger partial charge in [0.25, 0.3) is 0 Å². The van der Waals surface area contributed by atoms with E-state index in [0.717, 1.165) is 31.8 Å². The van der Waals surface area contributed by atoms with Crippen LogP contribution in [-0.2, 0) is 11.2 Å². The molecule has 8 heteroatoms. The predicted molar refractivity (Wildman–Crippen MR) is 114 cm³/mol. The molecule has 1 aromatic heterocycles. The number of guanidine groups is 1.